The number of alkyl carbamates (subject to hydrolysis) is 1. The van der Waals surface area contributed by atoms with Gasteiger partial charge in [0.05, 0.1) is 7.11 Å². The smallest absolute Gasteiger partial charge is 0.408 e. The van der Waals surface area contributed by atoms with E-state index >= 15 is 0 Å². The highest BCUT2D eigenvalue weighted by molar-refractivity contribution is 5.85. The fourth-order valence-electron chi connectivity index (χ4n) is 3.41. The van der Waals surface area contributed by atoms with Gasteiger partial charge < -0.3 is 24.3 Å². The third kappa shape index (κ3) is 8.38. The summed E-state index contributed by atoms with van der Waals surface area (Å²) in [5.74, 6) is -1.16. The van der Waals surface area contributed by atoms with E-state index in [2.05, 4.69) is 5.32 Å². The van der Waals surface area contributed by atoms with Crippen molar-refractivity contribution in [2.24, 2.45) is 5.92 Å². The summed E-state index contributed by atoms with van der Waals surface area (Å²) in [4.78, 5) is 38.5. The highest BCUT2D eigenvalue weighted by atomic mass is 16.6. The van der Waals surface area contributed by atoms with Gasteiger partial charge in [-0.2, -0.15) is 0 Å². The molecule has 1 amide bonds. The summed E-state index contributed by atoms with van der Waals surface area (Å²) < 4.78 is 21.4. The maximum Gasteiger partial charge on any atom is 0.408 e. The van der Waals surface area contributed by atoms with Gasteiger partial charge in [0.25, 0.3) is 0 Å². The van der Waals surface area contributed by atoms with Gasteiger partial charge >= 0.3 is 18.0 Å². The molecule has 0 saturated carbocycles. The molecule has 8 nitrogen and oxygen atoms in total. The number of carbonyl (C=O) groups excluding carboxylic acids is 3. The first-order chi connectivity index (χ1) is 17.9. The zero-order chi connectivity index (χ0) is 26.6. The molecule has 194 valence electrons. The Labute approximate surface area is 216 Å². The molecule has 0 aromatic heterocycles. The zero-order valence-corrected chi connectivity index (χ0v) is 21.1. The van der Waals surface area contributed by atoms with Crippen molar-refractivity contribution in [1.29, 1.82) is 0 Å². The predicted molar refractivity (Wildman–Crippen MR) is 136 cm³/mol. The van der Waals surface area contributed by atoms with Crippen LogP contribution in [0.3, 0.4) is 0 Å². The van der Waals surface area contributed by atoms with E-state index in [0.717, 1.165) is 11.1 Å². The van der Waals surface area contributed by atoms with Crippen molar-refractivity contribution in [3.63, 3.8) is 0 Å². The summed E-state index contributed by atoms with van der Waals surface area (Å²) in [6.07, 6.45) is -2.08. The van der Waals surface area contributed by atoms with Gasteiger partial charge in [0.1, 0.15) is 25.0 Å². The molecule has 0 bridgehead atoms. The van der Waals surface area contributed by atoms with E-state index in [4.69, 9.17) is 18.9 Å². The number of nitrogens with one attached hydrogen (secondary N) is 1. The van der Waals surface area contributed by atoms with Crippen molar-refractivity contribution >= 4 is 18.0 Å². The number of rotatable bonds is 11. The zero-order valence-electron chi connectivity index (χ0n) is 21.1. The lowest BCUT2D eigenvalue weighted by atomic mass is 10.0. The van der Waals surface area contributed by atoms with Crippen molar-refractivity contribution in [2.75, 3.05) is 7.11 Å². The van der Waals surface area contributed by atoms with Gasteiger partial charge in [0, 0.05) is 5.56 Å². The molecular weight excluding hydrogens is 474 g/mol. The first kappa shape index (κ1) is 27.3. The molecule has 0 aliphatic heterocycles. The molecule has 3 aromatic carbocycles. The predicted octanol–water partition coefficient (Wildman–Crippen LogP) is 4.97. The Morgan fingerprint density at radius 3 is 1.89 bits per heavy atom. The molecule has 0 aliphatic carbocycles. The van der Waals surface area contributed by atoms with E-state index in [1.54, 1.807) is 75.6 Å². The van der Waals surface area contributed by atoms with Crippen LogP contribution in [0.1, 0.15) is 36.6 Å². The molecule has 3 rings (SSSR count). The van der Waals surface area contributed by atoms with E-state index in [9.17, 15) is 14.4 Å². The average Bonchev–Trinajstić information content (AvgIpc) is 2.93. The first-order valence-electron chi connectivity index (χ1n) is 11.9. The normalized spacial score (nSPS) is 12.2. The van der Waals surface area contributed by atoms with Crippen molar-refractivity contribution in [3.8, 4) is 5.75 Å². The fraction of sp³-hybridized carbons (Fsp3) is 0.276. The standard InChI is InChI=1S/C29H31NO7/c1-20(2)25(30-29(33)36-19-21-10-6-4-7-11-21)27(31)37-26(23-12-8-5-9-13-23)28(32)35-18-22-14-16-24(34-3)17-15-22/h4-17,20,25-26H,18-19H2,1-3H3,(H,30,33)/t25-,26?/m0/s1. The van der Waals surface area contributed by atoms with E-state index in [-0.39, 0.29) is 19.1 Å². The average molecular weight is 506 g/mol. The molecule has 0 fully saturated rings. The van der Waals surface area contributed by atoms with E-state index < -0.39 is 30.2 Å². The molecule has 0 saturated heterocycles. The molecule has 1 N–H and O–H groups in total. The largest absolute Gasteiger partial charge is 0.497 e. The first-order valence-corrected chi connectivity index (χ1v) is 11.9. The lowest BCUT2D eigenvalue weighted by Crippen LogP contribution is -2.46. The topological polar surface area (TPSA) is 100 Å². The summed E-state index contributed by atoms with van der Waals surface area (Å²) >= 11 is 0. The number of esters is 2. The molecule has 2 atom stereocenters. The number of ether oxygens (including phenoxy) is 4. The lowest BCUT2D eigenvalue weighted by Gasteiger charge is -2.24. The van der Waals surface area contributed by atoms with Crippen LogP contribution in [0.4, 0.5) is 4.79 Å². The van der Waals surface area contributed by atoms with Crippen LogP contribution in [0.15, 0.2) is 84.9 Å². The molecule has 3 aromatic rings. The van der Waals surface area contributed by atoms with Gasteiger partial charge in [0.15, 0.2) is 0 Å². The second-order valence-electron chi connectivity index (χ2n) is 8.61. The van der Waals surface area contributed by atoms with Crippen LogP contribution in [-0.2, 0) is 37.0 Å². The van der Waals surface area contributed by atoms with Gasteiger partial charge in [-0.1, -0.05) is 86.6 Å². The Kier molecular flexibility index (Phi) is 10.1. The summed E-state index contributed by atoms with van der Waals surface area (Å²) in [6, 6.07) is 23.8. The number of hydrogen-bond donors (Lipinski definition) is 1. The molecule has 37 heavy (non-hydrogen) atoms. The Hall–Kier alpha value is -4.33. The van der Waals surface area contributed by atoms with Crippen LogP contribution in [-0.4, -0.2) is 31.2 Å². The van der Waals surface area contributed by atoms with Crippen LogP contribution in [0.25, 0.3) is 0 Å². The minimum atomic E-state index is -1.31. The molecular formula is C29H31NO7. The molecule has 0 radical (unpaired) electrons. The van der Waals surface area contributed by atoms with Crippen molar-refractivity contribution in [3.05, 3.63) is 102 Å². The molecule has 0 heterocycles. The summed E-state index contributed by atoms with van der Waals surface area (Å²) in [7, 11) is 1.57. The maximum atomic E-state index is 13.1. The van der Waals surface area contributed by atoms with Crippen LogP contribution >= 0.6 is 0 Å². The quantitative estimate of drug-likeness (QED) is 0.290. The molecule has 0 spiro atoms. The lowest BCUT2D eigenvalue weighted by molar-refractivity contribution is -0.171. The van der Waals surface area contributed by atoms with E-state index in [1.165, 1.54) is 0 Å². The van der Waals surface area contributed by atoms with Crippen LogP contribution < -0.4 is 10.1 Å². The van der Waals surface area contributed by atoms with Crippen LogP contribution in [0, 0.1) is 5.92 Å². The van der Waals surface area contributed by atoms with Gasteiger partial charge in [0.2, 0.25) is 6.10 Å². The minimum Gasteiger partial charge on any atom is -0.497 e. The second kappa shape index (κ2) is 13.7. The molecule has 8 heteroatoms. The third-order valence-corrected chi connectivity index (χ3v) is 5.50. The van der Waals surface area contributed by atoms with Gasteiger partial charge in [-0.25, -0.2) is 14.4 Å². The van der Waals surface area contributed by atoms with E-state index in [0.29, 0.717) is 11.3 Å². The van der Waals surface area contributed by atoms with E-state index in [1.807, 2.05) is 30.3 Å². The Balaban J connectivity index is 1.66. The fourth-order valence-corrected chi connectivity index (χ4v) is 3.41. The van der Waals surface area contributed by atoms with Crippen molar-refractivity contribution in [2.45, 2.75) is 39.2 Å². The summed E-state index contributed by atoms with van der Waals surface area (Å²) in [5.41, 5.74) is 2.00. The number of carbonyl (C=O) groups is 3. The second-order valence-corrected chi connectivity index (χ2v) is 8.61. The highest BCUT2D eigenvalue weighted by Crippen LogP contribution is 2.22. The summed E-state index contributed by atoms with van der Waals surface area (Å²) in [6.45, 7) is 3.55. The number of benzene rings is 3. The monoisotopic (exact) mass is 505 g/mol. The van der Waals surface area contributed by atoms with Gasteiger partial charge in [-0.15, -0.1) is 0 Å². The maximum absolute atomic E-state index is 13.1. The van der Waals surface area contributed by atoms with Crippen molar-refractivity contribution < 1.29 is 33.3 Å². The Bertz CT molecular complexity index is 1150. The van der Waals surface area contributed by atoms with Gasteiger partial charge in [-0.3, -0.25) is 0 Å². The van der Waals surface area contributed by atoms with Crippen LogP contribution in [0.5, 0.6) is 5.75 Å². The number of methoxy groups -OCH3 is 1. The van der Waals surface area contributed by atoms with Gasteiger partial charge in [-0.05, 0) is 29.2 Å². The Morgan fingerprint density at radius 1 is 0.730 bits per heavy atom. The molecule has 0 aliphatic rings. The molecule has 1 unspecified atom stereocenters. The SMILES string of the molecule is COc1ccc(COC(=O)C(OC(=O)[C@@H](NC(=O)OCc2ccccc2)C(C)C)c2ccccc2)cc1. The van der Waals surface area contributed by atoms with Crippen molar-refractivity contribution in [1.82, 2.24) is 5.32 Å². The Morgan fingerprint density at radius 2 is 1.30 bits per heavy atom. The number of amides is 1. The highest BCUT2D eigenvalue weighted by Gasteiger charge is 2.33. The number of hydrogen-bond acceptors (Lipinski definition) is 7. The minimum absolute atomic E-state index is 0.0125. The third-order valence-electron chi connectivity index (χ3n) is 5.50. The van der Waals surface area contributed by atoms with Crippen LogP contribution in [0.2, 0.25) is 0 Å². The summed E-state index contributed by atoms with van der Waals surface area (Å²) in [5, 5.41) is 2.55.